The van der Waals surface area contributed by atoms with Crippen molar-refractivity contribution in [3.63, 3.8) is 0 Å². The number of anilines is 1. The third kappa shape index (κ3) is 2.55. The molecule has 7 nitrogen and oxygen atoms in total. The average Bonchev–Trinajstić information content (AvgIpc) is 2.88. The summed E-state index contributed by atoms with van der Waals surface area (Å²) < 4.78 is 5.22. The van der Waals surface area contributed by atoms with Gasteiger partial charge in [-0.2, -0.15) is 5.26 Å². The molecule has 18 heavy (non-hydrogen) atoms. The molecule has 1 aromatic heterocycles. The van der Waals surface area contributed by atoms with Crippen molar-refractivity contribution < 1.29 is 9.66 Å². The number of rotatable bonds is 4. The lowest BCUT2D eigenvalue weighted by Gasteiger charge is -2.10. The number of hydrogen-bond donors (Lipinski definition) is 1. The van der Waals surface area contributed by atoms with E-state index in [-0.39, 0.29) is 17.1 Å². The summed E-state index contributed by atoms with van der Waals surface area (Å²) in [5, 5.41) is 22.7. The SMILES string of the molecule is N#Cc1ccnc(NCC2CCOC2)c1[N+](=O)[O-]. The summed E-state index contributed by atoms with van der Waals surface area (Å²) in [4.78, 5) is 14.3. The van der Waals surface area contributed by atoms with E-state index in [1.54, 1.807) is 6.07 Å². The molecule has 1 aliphatic heterocycles. The maximum atomic E-state index is 10.9. The number of hydrogen-bond acceptors (Lipinski definition) is 6. The number of aromatic nitrogens is 1. The minimum Gasteiger partial charge on any atom is -0.381 e. The number of pyridine rings is 1. The van der Waals surface area contributed by atoms with Crippen LogP contribution in [-0.2, 0) is 4.74 Å². The first kappa shape index (κ1) is 12.3. The first-order valence-corrected chi connectivity index (χ1v) is 5.57. The lowest BCUT2D eigenvalue weighted by atomic mass is 10.1. The quantitative estimate of drug-likeness (QED) is 0.636. The fourth-order valence-corrected chi connectivity index (χ4v) is 1.84. The Kier molecular flexibility index (Phi) is 3.69. The maximum absolute atomic E-state index is 10.9. The highest BCUT2D eigenvalue weighted by atomic mass is 16.6. The van der Waals surface area contributed by atoms with Crippen LogP contribution in [0.2, 0.25) is 0 Å². The molecule has 1 N–H and O–H groups in total. The number of nitrogens with zero attached hydrogens (tertiary/aromatic N) is 3. The second-order valence-corrected chi connectivity index (χ2v) is 4.04. The third-order valence-corrected chi connectivity index (χ3v) is 2.81. The normalized spacial score (nSPS) is 18.3. The van der Waals surface area contributed by atoms with E-state index in [9.17, 15) is 10.1 Å². The van der Waals surface area contributed by atoms with E-state index in [1.165, 1.54) is 12.3 Å². The Labute approximate surface area is 104 Å². The highest BCUT2D eigenvalue weighted by Gasteiger charge is 2.22. The van der Waals surface area contributed by atoms with E-state index in [0.717, 1.165) is 13.0 Å². The largest absolute Gasteiger partial charge is 0.381 e. The third-order valence-electron chi connectivity index (χ3n) is 2.81. The molecule has 94 valence electrons. The van der Waals surface area contributed by atoms with Gasteiger partial charge in [-0.1, -0.05) is 0 Å². The highest BCUT2D eigenvalue weighted by molar-refractivity contribution is 5.64. The molecule has 0 spiro atoms. The second-order valence-electron chi connectivity index (χ2n) is 4.04. The van der Waals surface area contributed by atoms with Crippen LogP contribution in [0.3, 0.4) is 0 Å². The van der Waals surface area contributed by atoms with Gasteiger partial charge in [0.1, 0.15) is 11.6 Å². The van der Waals surface area contributed by atoms with Crippen LogP contribution < -0.4 is 5.32 Å². The Balaban J connectivity index is 2.16. The maximum Gasteiger partial charge on any atom is 0.328 e. The number of nitro groups is 1. The molecule has 0 aliphatic carbocycles. The zero-order chi connectivity index (χ0) is 13.0. The van der Waals surface area contributed by atoms with Crippen molar-refractivity contribution in [1.29, 1.82) is 5.26 Å². The zero-order valence-electron chi connectivity index (χ0n) is 9.63. The first-order chi connectivity index (χ1) is 8.72. The van der Waals surface area contributed by atoms with Crippen LogP contribution in [0.15, 0.2) is 12.3 Å². The minimum absolute atomic E-state index is 0.0140. The zero-order valence-corrected chi connectivity index (χ0v) is 9.63. The predicted molar refractivity (Wildman–Crippen MR) is 63.0 cm³/mol. The lowest BCUT2D eigenvalue weighted by Crippen LogP contribution is -2.16. The fraction of sp³-hybridized carbons (Fsp3) is 0.455. The van der Waals surface area contributed by atoms with Crippen molar-refractivity contribution in [2.75, 3.05) is 25.1 Å². The molecule has 1 fully saturated rings. The van der Waals surface area contributed by atoms with Crippen molar-refractivity contribution in [1.82, 2.24) is 4.98 Å². The molecule has 0 aromatic carbocycles. The smallest absolute Gasteiger partial charge is 0.328 e. The minimum atomic E-state index is -0.584. The van der Waals surface area contributed by atoms with Gasteiger partial charge >= 0.3 is 5.69 Å². The Hall–Kier alpha value is -2.20. The molecule has 1 atom stereocenters. The molecular weight excluding hydrogens is 236 g/mol. The van der Waals surface area contributed by atoms with Crippen molar-refractivity contribution in [2.45, 2.75) is 6.42 Å². The summed E-state index contributed by atoms with van der Waals surface area (Å²) in [6, 6.07) is 3.13. The van der Waals surface area contributed by atoms with Crippen molar-refractivity contribution >= 4 is 11.5 Å². The molecule has 2 rings (SSSR count). The molecule has 0 amide bonds. The van der Waals surface area contributed by atoms with Gasteiger partial charge in [0.05, 0.1) is 11.5 Å². The molecule has 0 saturated carbocycles. The van der Waals surface area contributed by atoms with Gasteiger partial charge in [0, 0.05) is 25.3 Å². The van der Waals surface area contributed by atoms with Crippen LogP contribution in [0.4, 0.5) is 11.5 Å². The summed E-state index contributed by atoms with van der Waals surface area (Å²) >= 11 is 0. The van der Waals surface area contributed by atoms with E-state index in [4.69, 9.17) is 10.00 Å². The van der Waals surface area contributed by atoms with Gasteiger partial charge < -0.3 is 10.1 Å². The molecule has 0 bridgehead atoms. The Morgan fingerprint density at radius 3 is 3.17 bits per heavy atom. The molecular formula is C11H12N4O3. The molecule has 1 aliphatic rings. The topological polar surface area (TPSA) is 101 Å². The van der Waals surface area contributed by atoms with Crippen molar-refractivity contribution in [3.05, 3.63) is 27.9 Å². The Morgan fingerprint density at radius 1 is 1.72 bits per heavy atom. The predicted octanol–water partition coefficient (Wildman–Crippen LogP) is 1.31. The molecule has 1 saturated heterocycles. The van der Waals surface area contributed by atoms with E-state index >= 15 is 0 Å². The Bertz CT molecular complexity index is 492. The molecule has 7 heteroatoms. The van der Waals surface area contributed by atoms with E-state index in [2.05, 4.69) is 10.3 Å². The van der Waals surface area contributed by atoms with Crippen LogP contribution in [0.1, 0.15) is 12.0 Å². The van der Waals surface area contributed by atoms with Crippen molar-refractivity contribution in [2.24, 2.45) is 5.92 Å². The average molecular weight is 248 g/mol. The van der Waals surface area contributed by atoms with Crippen molar-refractivity contribution in [3.8, 4) is 6.07 Å². The first-order valence-electron chi connectivity index (χ1n) is 5.57. The highest BCUT2D eigenvalue weighted by Crippen LogP contribution is 2.26. The van der Waals surface area contributed by atoms with Gasteiger partial charge in [-0.15, -0.1) is 0 Å². The summed E-state index contributed by atoms with van der Waals surface area (Å²) in [7, 11) is 0. The summed E-state index contributed by atoms with van der Waals surface area (Å²) in [5.74, 6) is 0.475. The van der Waals surface area contributed by atoms with Gasteiger partial charge in [-0.3, -0.25) is 10.1 Å². The van der Waals surface area contributed by atoms with Crippen LogP contribution in [0.5, 0.6) is 0 Å². The Morgan fingerprint density at radius 2 is 2.56 bits per heavy atom. The second kappa shape index (κ2) is 5.42. The molecule has 1 unspecified atom stereocenters. The van der Waals surface area contributed by atoms with Crippen LogP contribution in [-0.4, -0.2) is 29.7 Å². The van der Waals surface area contributed by atoms with Crippen LogP contribution in [0, 0.1) is 27.4 Å². The fourth-order valence-electron chi connectivity index (χ4n) is 1.84. The monoisotopic (exact) mass is 248 g/mol. The van der Waals surface area contributed by atoms with Gasteiger partial charge in [0.25, 0.3) is 0 Å². The molecule has 0 radical (unpaired) electrons. The number of nitriles is 1. The van der Waals surface area contributed by atoms with Gasteiger partial charge in [0.15, 0.2) is 0 Å². The summed E-state index contributed by atoms with van der Waals surface area (Å²) in [6.45, 7) is 1.93. The van der Waals surface area contributed by atoms with Crippen LogP contribution >= 0.6 is 0 Å². The standard InChI is InChI=1S/C11H12N4O3/c12-5-9-1-3-13-11(10(9)15(16)17)14-6-8-2-4-18-7-8/h1,3,8H,2,4,6-7H2,(H,13,14). The number of nitrogens with one attached hydrogen (secondary N) is 1. The summed E-state index contributed by atoms with van der Waals surface area (Å²) in [5.41, 5.74) is -0.251. The summed E-state index contributed by atoms with van der Waals surface area (Å²) in [6.07, 6.45) is 2.32. The lowest BCUT2D eigenvalue weighted by molar-refractivity contribution is -0.384. The molecule has 2 heterocycles. The number of ether oxygens (including phenoxy) is 1. The van der Waals surface area contributed by atoms with Gasteiger partial charge in [-0.05, 0) is 12.5 Å². The van der Waals surface area contributed by atoms with E-state index < -0.39 is 4.92 Å². The van der Waals surface area contributed by atoms with Crippen LogP contribution in [0.25, 0.3) is 0 Å². The van der Waals surface area contributed by atoms with Gasteiger partial charge in [-0.25, -0.2) is 4.98 Å². The van der Waals surface area contributed by atoms with Gasteiger partial charge in [0.2, 0.25) is 5.82 Å². The van der Waals surface area contributed by atoms with E-state index in [0.29, 0.717) is 19.1 Å². The molecule has 1 aromatic rings. The van der Waals surface area contributed by atoms with E-state index in [1.807, 2.05) is 0 Å².